The molecule has 2 aromatic heterocycles. The lowest BCUT2D eigenvalue weighted by molar-refractivity contribution is 0.494. The van der Waals surface area contributed by atoms with Crippen LogP contribution >= 0.6 is 15.9 Å². The van der Waals surface area contributed by atoms with Crippen LogP contribution in [0.15, 0.2) is 35.3 Å². The maximum absolute atomic E-state index is 4.33. The smallest absolute Gasteiger partial charge is 0.225 e. The quantitative estimate of drug-likeness (QED) is 0.848. The van der Waals surface area contributed by atoms with Crippen LogP contribution in [0.5, 0.6) is 0 Å². The van der Waals surface area contributed by atoms with E-state index in [0.29, 0.717) is 6.04 Å². The normalized spacial score (nSPS) is 19.8. The van der Waals surface area contributed by atoms with Crippen LogP contribution in [0.1, 0.15) is 12.5 Å². The van der Waals surface area contributed by atoms with Crippen LogP contribution in [0.3, 0.4) is 0 Å². The third kappa shape index (κ3) is 2.17. The van der Waals surface area contributed by atoms with Gasteiger partial charge >= 0.3 is 0 Å². The van der Waals surface area contributed by atoms with E-state index >= 15 is 0 Å². The maximum Gasteiger partial charge on any atom is 0.225 e. The third-order valence-electron chi connectivity index (χ3n) is 2.94. The highest BCUT2D eigenvalue weighted by Crippen LogP contribution is 2.24. The minimum Gasteiger partial charge on any atom is -0.339 e. The van der Waals surface area contributed by atoms with Crippen molar-refractivity contribution in [2.75, 3.05) is 18.0 Å². The summed E-state index contributed by atoms with van der Waals surface area (Å²) in [5, 5.41) is 4.33. The summed E-state index contributed by atoms with van der Waals surface area (Å²) in [6.07, 6.45) is 8.47. The highest BCUT2D eigenvalue weighted by Gasteiger charge is 2.25. The fourth-order valence-electron chi connectivity index (χ4n) is 2.11. The number of hydrogen-bond donors (Lipinski definition) is 0. The lowest BCUT2D eigenvalue weighted by atomic mass is 10.3. The summed E-state index contributed by atoms with van der Waals surface area (Å²) in [5.74, 6) is 0.807. The van der Waals surface area contributed by atoms with Gasteiger partial charge < -0.3 is 4.90 Å². The van der Waals surface area contributed by atoms with Crippen molar-refractivity contribution in [2.45, 2.75) is 12.5 Å². The summed E-state index contributed by atoms with van der Waals surface area (Å²) in [4.78, 5) is 10.7. The highest BCUT2D eigenvalue weighted by molar-refractivity contribution is 9.10. The van der Waals surface area contributed by atoms with Gasteiger partial charge in [0.1, 0.15) is 0 Å². The first kappa shape index (κ1) is 10.7. The second-order valence-electron chi connectivity index (χ2n) is 4.08. The predicted octanol–water partition coefficient (Wildman–Crippen LogP) is 1.89. The fourth-order valence-corrected chi connectivity index (χ4v) is 2.41. The van der Waals surface area contributed by atoms with Gasteiger partial charge in [-0.1, -0.05) is 0 Å². The molecule has 0 amide bonds. The summed E-state index contributed by atoms with van der Waals surface area (Å²) >= 11 is 3.42. The fraction of sp³-hybridized carbons (Fsp3) is 0.364. The number of halogens is 1. The van der Waals surface area contributed by atoms with Crippen molar-refractivity contribution in [3.63, 3.8) is 0 Å². The molecule has 0 aliphatic carbocycles. The van der Waals surface area contributed by atoms with Gasteiger partial charge in [0.05, 0.1) is 16.7 Å². The Morgan fingerprint density at radius 3 is 2.82 bits per heavy atom. The van der Waals surface area contributed by atoms with E-state index in [2.05, 4.69) is 35.9 Å². The summed E-state index contributed by atoms with van der Waals surface area (Å²) in [6, 6.07) is 2.24. The van der Waals surface area contributed by atoms with Crippen LogP contribution in [0.25, 0.3) is 0 Å². The first-order valence-electron chi connectivity index (χ1n) is 5.54. The number of aromatic nitrogens is 4. The third-order valence-corrected chi connectivity index (χ3v) is 3.35. The molecular formula is C11H12BrN5. The summed E-state index contributed by atoms with van der Waals surface area (Å²) in [6.45, 7) is 1.89. The lowest BCUT2D eigenvalue weighted by Crippen LogP contribution is -2.22. The molecule has 0 N–H and O–H groups in total. The van der Waals surface area contributed by atoms with Gasteiger partial charge in [0.15, 0.2) is 0 Å². The largest absolute Gasteiger partial charge is 0.339 e. The summed E-state index contributed by atoms with van der Waals surface area (Å²) < 4.78 is 3.03. The van der Waals surface area contributed by atoms with Gasteiger partial charge in [-0.3, -0.25) is 4.68 Å². The average molecular weight is 294 g/mol. The molecule has 0 radical (unpaired) electrons. The van der Waals surface area contributed by atoms with Gasteiger partial charge in [0.2, 0.25) is 5.95 Å². The Morgan fingerprint density at radius 1 is 1.29 bits per heavy atom. The molecule has 0 bridgehead atoms. The van der Waals surface area contributed by atoms with Crippen molar-refractivity contribution >= 4 is 21.9 Å². The Labute approximate surface area is 108 Å². The second kappa shape index (κ2) is 4.44. The molecule has 17 heavy (non-hydrogen) atoms. The van der Waals surface area contributed by atoms with E-state index in [4.69, 9.17) is 0 Å². The molecule has 1 saturated heterocycles. The topological polar surface area (TPSA) is 46.8 Å². The molecule has 6 heteroatoms. The van der Waals surface area contributed by atoms with Gasteiger partial charge in [0, 0.05) is 31.7 Å². The van der Waals surface area contributed by atoms with E-state index in [1.807, 2.05) is 23.1 Å². The number of rotatable bonds is 2. The molecule has 88 valence electrons. The minimum absolute atomic E-state index is 0.408. The van der Waals surface area contributed by atoms with Crippen molar-refractivity contribution in [3.05, 3.63) is 35.3 Å². The van der Waals surface area contributed by atoms with Crippen molar-refractivity contribution in [3.8, 4) is 0 Å². The van der Waals surface area contributed by atoms with Crippen molar-refractivity contribution in [2.24, 2.45) is 0 Å². The standard InChI is InChI=1S/C11H12BrN5/c12-9-6-15-17(7-9)10-2-5-16(8-10)11-13-3-1-4-14-11/h1,3-4,6-7,10H,2,5,8H2. The zero-order valence-electron chi connectivity index (χ0n) is 9.20. The Morgan fingerprint density at radius 2 is 2.12 bits per heavy atom. The van der Waals surface area contributed by atoms with Crippen molar-refractivity contribution in [1.29, 1.82) is 0 Å². The van der Waals surface area contributed by atoms with E-state index in [9.17, 15) is 0 Å². The van der Waals surface area contributed by atoms with E-state index in [0.717, 1.165) is 29.9 Å². The van der Waals surface area contributed by atoms with E-state index in [1.54, 1.807) is 12.4 Å². The molecule has 2 aromatic rings. The zero-order valence-corrected chi connectivity index (χ0v) is 10.8. The molecule has 1 fully saturated rings. The van der Waals surface area contributed by atoms with Gasteiger partial charge in [-0.15, -0.1) is 0 Å². The van der Waals surface area contributed by atoms with Crippen LogP contribution in [-0.2, 0) is 0 Å². The number of nitrogens with zero attached hydrogens (tertiary/aromatic N) is 5. The summed E-state index contributed by atoms with van der Waals surface area (Å²) in [7, 11) is 0. The molecule has 0 saturated carbocycles. The summed E-state index contributed by atoms with van der Waals surface area (Å²) in [5.41, 5.74) is 0. The molecule has 1 aliphatic heterocycles. The Bertz CT molecular complexity index is 498. The predicted molar refractivity (Wildman–Crippen MR) is 67.8 cm³/mol. The molecule has 1 aliphatic rings. The van der Waals surface area contributed by atoms with E-state index in [-0.39, 0.29) is 0 Å². The van der Waals surface area contributed by atoms with Gasteiger partial charge in [-0.25, -0.2) is 9.97 Å². The van der Waals surface area contributed by atoms with Gasteiger partial charge in [0.25, 0.3) is 0 Å². The van der Waals surface area contributed by atoms with Crippen LogP contribution in [-0.4, -0.2) is 32.8 Å². The second-order valence-corrected chi connectivity index (χ2v) is 4.99. The Balaban J connectivity index is 1.74. The Hall–Kier alpha value is -1.43. The molecule has 1 atom stereocenters. The maximum atomic E-state index is 4.33. The molecule has 1 unspecified atom stereocenters. The molecule has 5 nitrogen and oxygen atoms in total. The minimum atomic E-state index is 0.408. The first-order chi connectivity index (χ1) is 8.33. The van der Waals surface area contributed by atoms with E-state index in [1.165, 1.54) is 0 Å². The first-order valence-corrected chi connectivity index (χ1v) is 6.34. The van der Waals surface area contributed by atoms with Gasteiger partial charge in [-0.05, 0) is 28.4 Å². The Kier molecular flexibility index (Phi) is 2.80. The van der Waals surface area contributed by atoms with Gasteiger partial charge in [-0.2, -0.15) is 5.10 Å². The zero-order chi connectivity index (χ0) is 11.7. The van der Waals surface area contributed by atoms with Crippen LogP contribution in [0.4, 0.5) is 5.95 Å². The highest BCUT2D eigenvalue weighted by atomic mass is 79.9. The molecule has 3 rings (SSSR count). The molecule has 3 heterocycles. The van der Waals surface area contributed by atoms with Crippen molar-refractivity contribution in [1.82, 2.24) is 19.7 Å². The van der Waals surface area contributed by atoms with Crippen LogP contribution < -0.4 is 4.90 Å². The van der Waals surface area contributed by atoms with E-state index < -0.39 is 0 Å². The number of hydrogen-bond acceptors (Lipinski definition) is 4. The molecule has 0 spiro atoms. The monoisotopic (exact) mass is 293 g/mol. The average Bonchev–Trinajstić information content (AvgIpc) is 2.98. The van der Waals surface area contributed by atoms with Crippen molar-refractivity contribution < 1.29 is 0 Å². The number of anilines is 1. The van der Waals surface area contributed by atoms with Crippen LogP contribution in [0, 0.1) is 0 Å². The SMILES string of the molecule is Brc1cnn(C2CCN(c3ncccn3)C2)c1. The molecule has 0 aromatic carbocycles. The molecular weight excluding hydrogens is 282 g/mol. The lowest BCUT2D eigenvalue weighted by Gasteiger charge is -2.15. The van der Waals surface area contributed by atoms with Crippen LogP contribution in [0.2, 0.25) is 0 Å².